The van der Waals surface area contributed by atoms with Crippen LogP contribution in [0.3, 0.4) is 0 Å². The molecule has 108 valence electrons. The Bertz CT molecular complexity index is 701. The van der Waals surface area contributed by atoms with Gasteiger partial charge in [-0.3, -0.25) is 0 Å². The number of amides is 2. The van der Waals surface area contributed by atoms with E-state index in [9.17, 15) is 9.59 Å². The smallest absolute Gasteiger partial charge is 0.335 e. The molecule has 0 atom stereocenters. The number of carboxylic acids is 1. The molecule has 6 heteroatoms. The Morgan fingerprint density at radius 3 is 2.43 bits per heavy atom. The van der Waals surface area contributed by atoms with Crippen LogP contribution in [0.4, 0.5) is 16.2 Å². The largest absolute Gasteiger partial charge is 0.478 e. The third-order valence-electron chi connectivity index (χ3n) is 2.68. The van der Waals surface area contributed by atoms with Crippen LogP contribution in [0.15, 0.2) is 42.5 Å². The Hall–Kier alpha value is -2.53. The first-order valence-electron chi connectivity index (χ1n) is 6.12. The predicted octanol–water partition coefficient (Wildman–Crippen LogP) is 3.99. The zero-order valence-electron chi connectivity index (χ0n) is 11.2. The Morgan fingerprint density at radius 1 is 1.05 bits per heavy atom. The average Bonchev–Trinajstić information content (AvgIpc) is 2.37. The van der Waals surface area contributed by atoms with Crippen LogP contribution in [0.25, 0.3) is 0 Å². The van der Waals surface area contributed by atoms with E-state index in [1.165, 1.54) is 18.2 Å². The Balaban J connectivity index is 2.11. The number of carbonyl (C=O) groups is 2. The summed E-state index contributed by atoms with van der Waals surface area (Å²) in [5.41, 5.74) is 1.98. The SMILES string of the molecule is Cc1cccc(NC(=O)Nc2cc(Cl)cc(C(=O)O)c2)c1. The van der Waals surface area contributed by atoms with E-state index < -0.39 is 12.0 Å². The molecule has 0 spiro atoms. The molecule has 0 aliphatic heterocycles. The summed E-state index contributed by atoms with van der Waals surface area (Å²) in [5.74, 6) is -1.11. The van der Waals surface area contributed by atoms with Gasteiger partial charge in [0.25, 0.3) is 0 Å². The standard InChI is InChI=1S/C15H13ClN2O3/c1-9-3-2-4-12(5-9)17-15(21)18-13-7-10(14(19)20)6-11(16)8-13/h2-8H,1H3,(H,19,20)(H2,17,18,21). The molecular weight excluding hydrogens is 292 g/mol. The molecule has 0 heterocycles. The van der Waals surface area contributed by atoms with E-state index in [2.05, 4.69) is 10.6 Å². The molecule has 0 aromatic heterocycles. The molecule has 3 N–H and O–H groups in total. The van der Waals surface area contributed by atoms with Crippen LogP contribution in [-0.4, -0.2) is 17.1 Å². The molecule has 0 saturated heterocycles. The molecule has 5 nitrogen and oxygen atoms in total. The first kappa shape index (κ1) is 14.9. The Labute approximate surface area is 126 Å². The van der Waals surface area contributed by atoms with Gasteiger partial charge in [-0.05, 0) is 42.8 Å². The molecule has 0 saturated carbocycles. The minimum atomic E-state index is -1.11. The summed E-state index contributed by atoms with van der Waals surface area (Å²) in [6.07, 6.45) is 0. The molecule has 0 unspecified atom stereocenters. The van der Waals surface area contributed by atoms with Crippen molar-refractivity contribution < 1.29 is 14.7 Å². The van der Waals surface area contributed by atoms with Gasteiger partial charge < -0.3 is 15.7 Å². The highest BCUT2D eigenvalue weighted by molar-refractivity contribution is 6.31. The summed E-state index contributed by atoms with van der Waals surface area (Å²) < 4.78 is 0. The zero-order valence-corrected chi connectivity index (χ0v) is 11.9. The molecule has 2 aromatic carbocycles. The van der Waals surface area contributed by atoms with Gasteiger partial charge in [0.05, 0.1) is 5.56 Å². The average molecular weight is 305 g/mol. The van der Waals surface area contributed by atoms with Crippen molar-refractivity contribution in [1.82, 2.24) is 0 Å². The highest BCUT2D eigenvalue weighted by Gasteiger charge is 2.09. The maximum Gasteiger partial charge on any atom is 0.335 e. The fourth-order valence-corrected chi connectivity index (χ4v) is 2.04. The number of urea groups is 1. The number of rotatable bonds is 3. The van der Waals surface area contributed by atoms with Crippen molar-refractivity contribution in [3.63, 3.8) is 0 Å². The molecule has 0 aliphatic carbocycles. The number of carbonyl (C=O) groups excluding carboxylic acids is 1. The molecule has 0 fully saturated rings. The minimum Gasteiger partial charge on any atom is -0.478 e. The lowest BCUT2D eigenvalue weighted by Crippen LogP contribution is -2.19. The lowest BCUT2D eigenvalue weighted by Gasteiger charge is -2.09. The van der Waals surface area contributed by atoms with Gasteiger partial charge >= 0.3 is 12.0 Å². The number of hydrogen-bond donors (Lipinski definition) is 3. The van der Waals surface area contributed by atoms with E-state index in [0.717, 1.165) is 5.56 Å². The minimum absolute atomic E-state index is 0.00774. The van der Waals surface area contributed by atoms with E-state index in [1.807, 2.05) is 25.1 Å². The summed E-state index contributed by atoms with van der Waals surface area (Å²) in [7, 11) is 0. The quantitative estimate of drug-likeness (QED) is 0.802. The number of nitrogens with one attached hydrogen (secondary N) is 2. The van der Waals surface area contributed by atoms with Gasteiger partial charge in [-0.15, -0.1) is 0 Å². The second-order valence-electron chi connectivity index (χ2n) is 4.48. The van der Waals surface area contributed by atoms with E-state index >= 15 is 0 Å². The van der Waals surface area contributed by atoms with E-state index in [0.29, 0.717) is 11.4 Å². The van der Waals surface area contributed by atoms with Crippen LogP contribution in [-0.2, 0) is 0 Å². The van der Waals surface area contributed by atoms with Crippen LogP contribution >= 0.6 is 11.6 Å². The Kier molecular flexibility index (Phi) is 4.45. The summed E-state index contributed by atoms with van der Waals surface area (Å²) in [5, 5.41) is 14.4. The van der Waals surface area contributed by atoms with Gasteiger partial charge in [-0.25, -0.2) is 9.59 Å². The van der Waals surface area contributed by atoms with Crippen molar-refractivity contribution in [2.24, 2.45) is 0 Å². The Morgan fingerprint density at radius 2 is 1.76 bits per heavy atom. The fraction of sp³-hybridized carbons (Fsp3) is 0.0667. The predicted molar refractivity (Wildman–Crippen MR) is 82.2 cm³/mol. The van der Waals surface area contributed by atoms with Crippen LogP contribution in [0.2, 0.25) is 5.02 Å². The van der Waals surface area contributed by atoms with Crippen LogP contribution < -0.4 is 10.6 Å². The topological polar surface area (TPSA) is 78.4 Å². The maximum atomic E-state index is 11.9. The summed E-state index contributed by atoms with van der Waals surface area (Å²) in [6.45, 7) is 1.92. The number of aryl methyl sites for hydroxylation is 1. The van der Waals surface area contributed by atoms with E-state index in [-0.39, 0.29) is 10.6 Å². The first-order chi connectivity index (χ1) is 9.94. The highest BCUT2D eigenvalue weighted by atomic mass is 35.5. The number of carboxylic acid groups (broad SMARTS) is 1. The van der Waals surface area contributed by atoms with Crippen molar-refractivity contribution in [3.8, 4) is 0 Å². The molecule has 0 radical (unpaired) electrons. The second kappa shape index (κ2) is 6.28. The lowest BCUT2D eigenvalue weighted by atomic mass is 10.2. The number of benzene rings is 2. The van der Waals surface area contributed by atoms with Crippen LogP contribution in [0.1, 0.15) is 15.9 Å². The molecule has 0 bridgehead atoms. The van der Waals surface area contributed by atoms with Gasteiger partial charge in [0, 0.05) is 16.4 Å². The molecule has 0 aliphatic rings. The highest BCUT2D eigenvalue weighted by Crippen LogP contribution is 2.19. The van der Waals surface area contributed by atoms with Gasteiger partial charge in [0.15, 0.2) is 0 Å². The number of hydrogen-bond acceptors (Lipinski definition) is 2. The maximum absolute atomic E-state index is 11.9. The van der Waals surface area contributed by atoms with Crippen molar-refractivity contribution in [2.75, 3.05) is 10.6 Å². The number of halogens is 1. The number of anilines is 2. The summed E-state index contributed by atoms with van der Waals surface area (Å²) in [4.78, 5) is 22.8. The molecule has 21 heavy (non-hydrogen) atoms. The monoisotopic (exact) mass is 304 g/mol. The van der Waals surface area contributed by atoms with Gasteiger partial charge in [-0.2, -0.15) is 0 Å². The third kappa shape index (κ3) is 4.22. The van der Waals surface area contributed by atoms with Crippen molar-refractivity contribution in [2.45, 2.75) is 6.92 Å². The van der Waals surface area contributed by atoms with Gasteiger partial charge in [0.2, 0.25) is 0 Å². The summed E-state index contributed by atoms with van der Waals surface area (Å²) in [6, 6.07) is 11.0. The zero-order chi connectivity index (χ0) is 15.4. The van der Waals surface area contributed by atoms with Crippen molar-refractivity contribution in [3.05, 3.63) is 58.6 Å². The molecule has 2 aromatic rings. The van der Waals surface area contributed by atoms with Gasteiger partial charge in [0.1, 0.15) is 0 Å². The van der Waals surface area contributed by atoms with E-state index in [1.54, 1.807) is 6.07 Å². The van der Waals surface area contributed by atoms with Crippen LogP contribution in [0, 0.1) is 6.92 Å². The second-order valence-corrected chi connectivity index (χ2v) is 4.92. The summed E-state index contributed by atoms with van der Waals surface area (Å²) >= 11 is 5.82. The molecular formula is C15H13ClN2O3. The van der Waals surface area contributed by atoms with Crippen molar-refractivity contribution in [1.29, 1.82) is 0 Å². The lowest BCUT2D eigenvalue weighted by molar-refractivity contribution is 0.0697. The molecule has 2 rings (SSSR count). The molecule has 2 amide bonds. The normalized spacial score (nSPS) is 10.0. The van der Waals surface area contributed by atoms with Crippen LogP contribution in [0.5, 0.6) is 0 Å². The van der Waals surface area contributed by atoms with Gasteiger partial charge in [-0.1, -0.05) is 23.7 Å². The fourth-order valence-electron chi connectivity index (χ4n) is 1.80. The third-order valence-corrected chi connectivity index (χ3v) is 2.90. The van der Waals surface area contributed by atoms with Crippen molar-refractivity contribution >= 4 is 35.0 Å². The van der Waals surface area contributed by atoms with E-state index in [4.69, 9.17) is 16.7 Å². The number of aromatic carboxylic acids is 1. The first-order valence-corrected chi connectivity index (χ1v) is 6.50.